The van der Waals surface area contributed by atoms with E-state index in [2.05, 4.69) is 17.6 Å². The standard InChI is InChI=1S/C11H15NO3/c1-3-9(7-15-8(2)13)10-5-4-6-11(14)12-10/h10H,1,4-7H2,2H3,(H,12,14). The van der Waals surface area contributed by atoms with E-state index in [0.717, 1.165) is 18.4 Å². The van der Waals surface area contributed by atoms with Gasteiger partial charge in [0.25, 0.3) is 0 Å². The molecule has 1 aliphatic rings. The van der Waals surface area contributed by atoms with Crippen LogP contribution in [0.3, 0.4) is 0 Å². The van der Waals surface area contributed by atoms with Gasteiger partial charge in [0.05, 0.1) is 6.04 Å². The summed E-state index contributed by atoms with van der Waals surface area (Å²) in [5.74, 6) is -0.313. The maximum Gasteiger partial charge on any atom is 0.302 e. The second-order valence-corrected chi connectivity index (χ2v) is 3.49. The molecule has 82 valence electrons. The van der Waals surface area contributed by atoms with Crippen LogP contribution in [0.2, 0.25) is 0 Å². The molecule has 0 bridgehead atoms. The van der Waals surface area contributed by atoms with Gasteiger partial charge in [0, 0.05) is 18.9 Å². The molecule has 0 aromatic heterocycles. The van der Waals surface area contributed by atoms with E-state index in [0.29, 0.717) is 6.42 Å². The molecule has 1 atom stereocenters. The Morgan fingerprint density at radius 3 is 3.00 bits per heavy atom. The number of carbonyl (C=O) groups is 2. The lowest BCUT2D eigenvalue weighted by molar-refractivity contribution is -0.140. The van der Waals surface area contributed by atoms with E-state index in [9.17, 15) is 9.59 Å². The molecular weight excluding hydrogens is 194 g/mol. The number of esters is 1. The highest BCUT2D eigenvalue weighted by atomic mass is 16.5. The van der Waals surface area contributed by atoms with Gasteiger partial charge in [0.15, 0.2) is 0 Å². The van der Waals surface area contributed by atoms with Crippen LogP contribution in [0.15, 0.2) is 17.9 Å². The minimum atomic E-state index is -0.343. The van der Waals surface area contributed by atoms with E-state index >= 15 is 0 Å². The monoisotopic (exact) mass is 209 g/mol. The Morgan fingerprint density at radius 1 is 1.73 bits per heavy atom. The van der Waals surface area contributed by atoms with Crippen LogP contribution < -0.4 is 5.32 Å². The second-order valence-electron chi connectivity index (χ2n) is 3.49. The molecule has 1 fully saturated rings. The van der Waals surface area contributed by atoms with Gasteiger partial charge in [-0.3, -0.25) is 9.59 Å². The van der Waals surface area contributed by atoms with E-state index in [1.165, 1.54) is 6.92 Å². The maximum absolute atomic E-state index is 11.2. The predicted octanol–water partition coefficient (Wildman–Crippen LogP) is 0.929. The highest BCUT2D eigenvalue weighted by molar-refractivity contribution is 5.77. The number of hydrogen-bond donors (Lipinski definition) is 1. The zero-order valence-corrected chi connectivity index (χ0v) is 8.84. The zero-order valence-electron chi connectivity index (χ0n) is 8.84. The molecule has 0 radical (unpaired) electrons. The Morgan fingerprint density at radius 2 is 2.47 bits per heavy atom. The third-order valence-electron chi connectivity index (χ3n) is 2.31. The average Bonchev–Trinajstić information content (AvgIpc) is 2.18. The van der Waals surface area contributed by atoms with Crippen LogP contribution in [0.5, 0.6) is 0 Å². The van der Waals surface area contributed by atoms with Gasteiger partial charge in [0.1, 0.15) is 6.61 Å². The molecule has 1 rings (SSSR count). The molecule has 0 aromatic rings. The number of hydrogen-bond acceptors (Lipinski definition) is 3. The van der Waals surface area contributed by atoms with Crippen LogP contribution in [-0.4, -0.2) is 24.5 Å². The smallest absolute Gasteiger partial charge is 0.302 e. The summed E-state index contributed by atoms with van der Waals surface area (Å²) in [6.07, 6.45) is 2.26. The number of piperidine rings is 1. The van der Waals surface area contributed by atoms with Crippen molar-refractivity contribution >= 4 is 11.9 Å². The predicted molar refractivity (Wildman–Crippen MR) is 55.1 cm³/mol. The average molecular weight is 209 g/mol. The van der Waals surface area contributed by atoms with Crippen LogP contribution >= 0.6 is 0 Å². The molecule has 1 aliphatic heterocycles. The van der Waals surface area contributed by atoms with Crippen molar-refractivity contribution in [3.05, 3.63) is 17.9 Å². The van der Waals surface area contributed by atoms with Crippen LogP contribution in [0, 0.1) is 0 Å². The van der Waals surface area contributed by atoms with Crippen molar-refractivity contribution in [1.82, 2.24) is 5.32 Å². The van der Waals surface area contributed by atoms with Crippen LogP contribution in [0.4, 0.5) is 0 Å². The van der Waals surface area contributed by atoms with E-state index < -0.39 is 0 Å². The summed E-state index contributed by atoms with van der Waals surface area (Å²) in [6.45, 7) is 5.04. The first-order valence-corrected chi connectivity index (χ1v) is 4.95. The van der Waals surface area contributed by atoms with Crippen molar-refractivity contribution in [2.45, 2.75) is 32.2 Å². The molecule has 4 nitrogen and oxygen atoms in total. The Balaban J connectivity index is 2.54. The van der Waals surface area contributed by atoms with Crippen LogP contribution in [-0.2, 0) is 14.3 Å². The van der Waals surface area contributed by atoms with Crippen molar-refractivity contribution in [3.63, 3.8) is 0 Å². The molecule has 0 spiro atoms. The van der Waals surface area contributed by atoms with Gasteiger partial charge >= 0.3 is 5.97 Å². The van der Waals surface area contributed by atoms with Gasteiger partial charge in [-0.05, 0) is 12.8 Å². The number of amides is 1. The summed E-state index contributed by atoms with van der Waals surface area (Å²) in [6, 6.07) is -0.0805. The number of carbonyl (C=O) groups excluding carboxylic acids is 2. The zero-order chi connectivity index (χ0) is 11.3. The van der Waals surface area contributed by atoms with Gasteiger partial charge in [-0.1, -0.05) is 6.58 Å². The molecule has 1 amide bonds. The third kappa shape index (κ3) is 3.60. The van der Waals surface area contributed by atoms with Crippen molar-refractivity contribution in [2.24, 2.45) is 0 Å². The lowest BCUT2D eigenvalue weighted by Gasteiger charge is -2.24. The normalized spacial score (nSPS) is 20.1. The van der Waals surface area contributed by atoms with Crippen molar-refractivity contribution in [2.75, 3.05) is 6.61 Å². The van der Waals surface area contributed by atoms with Gasteiger partial charge in [-0.25, -0.2) is 0 Å². The summed E-state index contributed by atoms with van der Waals surface area (Å²) >= 11 is 0. The number of nitrogens with one attached hydrogen (secondary N) is 1. The minimum absolute atomic E-state index is 0.0295. The van der Waals surface area contributed by atoms with Crippen molar-refractivity contribution in [3.8, 4) is 0 Å². The highest BCUT2D eigenvalue weighted by Crippen LogP contribution is 2.14. The molecule has 1 unspecified atom stereocenters. The largest absolute Gasteiger partial charge is 0.461 e. The van der Waals surface area contributed by atoms with Crippen molar-refractivity contribution in [1.29, 1.82) is 0 Å². The molecule has 15 heavy (non-hydrogen) atoms. The van der Waals surface area contributed by atoms with E-state index in [4.69, 9.17) is 4.74 Å². The van der Waals surface area contributed by atoms with Crippen molar-refractivity contribution < 1.29 is 14.3 Å². The van der Waals surface area contributed by atoms with E-state index in [1.807, 2.05) is 0 Å². The Labute approximate surface area is 89.0 Å². The summed E-state index contributed by atoms with van der Waals surface area (Å²) in [5.41, 5.74) is 3.46. The van der Waals surface area contributed by atoms with Crippen LogP contribution in [0.1, 0.15) is 26.2 Å². The fraction of sp³-hybridized carbons (Fsp3) is 0.545. The Hall–Kier alpha value is -1.54. The number of ether oxygens (including phenoxy) is 1. The first kappa shape index (κ1) is 11.5. The fourth-order valence-electron chi connectivity index (χ4n) is 1.52. The van der Waals surface area contributed by atoms with Gasteiger partial charge < -0.3 is 10.1 Å². The summed E-state index contributed by atoms with van der Waals surface area (Å²) in [4.78, 5) is 21.8. The Bertz CT molecular complexity index is 316. The van der Waals surface area contributed by atoms with Gasteiger partial charge in [-0.15, -0.1) is 5.73 Å². The van der Waals surface area contributed by atoms with Gasteiger partial charge in [0.2, 0.25) is 5.91 Å². The number of rotatable bonds is 3. The molecule has 1 heterocycles. The summed E-state index contributed by atoms with van der Waals surface area (Å²) in [5, 5.41) is 2.82. The van der Waals surface area contributed by atoms with Gasteiger partial charge in [-0.2, -0.15) is 0 Å². The first-order valence-electron chi connectivity index (χ1n) is 4.95. The van der Waals surface area contributed by atoms with Crippen LogP contribution in [0.25, 0.3) is 0 Å². The Kier molecular flexibility index (Phi) is 4.13. The first-order chi connectivity index (χ1) is 7.13. The molecule has 0 aromatic carbocycles. The molecule has 0 aliphatic carbocycles. The molecular formula is C11H15NO3. The molecule has 0 saturated carbocycles. The highest BCUT2D eigenvalue weighted by Gasteiger charge is 2.21. The van der Waals surface area contributed by atoms with E-state index in [-0.39, 0.29) is 24.5 Å². The second kappa shape index (κ2) is 5.37. The maximum atomic E-state index is 11.2. The summed E-state index contributed by atoms with van der Waals surface area (Å²) in [7, 11) is 0. The SMILES string of the molecule is C=C=C(COC(C)=O)C1CCCC(=O)N1. The fourth-order valence-corrected chi connectivity index (χ4v) is 1.52. The quantitative estimate of drug-likeness (QED) is 0.555. The third-order valence-corrected chi connectivity index (χ3v) is 2.31. The van der Waals surface area contributed by atoms with E-state index in [1.54, 1.807) is 0 Å². The lowest BCUT2D eigenvalue weighted by atomic mass is 9.98. The molecule has 1 N–H and O–H groups in total. The molecule has 1 saturated heterocycles. The molecule has 4 heteroatoms. The minimum Gasteiger partial charge on any atom is -0.461 e. The topological polar surface area (TPSA) is 55.4 Å². The lowest BCUT2D eigenvalue weighted by Crippen LogP contribution is -2.40. The summed E-state index contributed by atoms with van der Waals surface area (Å²) < 4.78 is 4.85.